The number of amides is 1. The van der Waals surface area contributed by atoms with Crippen LogP contribution in [-0.2, 0) is 9.59 Å². The SMILES string of the molecule is CC(C(=O)O)N(C)C(=O)COc1ccc(C2SCCCS2)cc1. The second-order valence-electron chi connectivity index (χ2n) is 5.30. The van der Waals surface area contributed by atoms with Crippen molar-refractivity contribution in [3.8, 4) is 5.75 Å². The number of carboxylic acids is 1. The number of rotatable bonds is 6. The number of thioether (sulfide) groups is 2. The minimum atomic E-state index is -1.03. The summed E-state index contributed by atoms with van der Waals surface area (Å²) >= 11 is 3.91. The first kappa shape index (κ1) is 18.0. The van der Waals surface area contributed by atoms with Crippen LogP contribution in [0, 0.1) is 0 Å². The molecule has 0 aliphatic carbocycles. The molecule has 0 aromatic heterocycles. The van der Waals surface area contributed by atoms with Crippen LogP contribution in [0.4, 0.5) is 0 Å². The third-order valence-electron chi connectivity index (χ3n) is 3.67. The molecule has 1 fully saturated rings. The van der Waals surface area contributed by atoms with Crippen LogP contribution < -0.4 is 4.74 Å². The highest BCUT2D eigenvalue weighted by molar-refractivity contribution is 8.16. The standard InChI is InChI=1S/C16H21NO4S2/c1-11(15(19)20)17(2)14(18)10-21-13-6-4-12(5-7-13)16-22-8-3-9-23-16/h4-7,11,16H,3,8-10H2,1-2H3,(H,19,20). The number of hydrogen-bond donors (Lipinski definition) is 1. The fraction of sp³-hybridized carbons (Fsp3) is 0.500. The molecule has 1 heterocycles. The van der Waals surface area contributed by atoms with Crippen molar-refractivity contribution in [2.24, 2.45) is 0 Å². The molecule has 1 unspecified atom stereocenters. The number of nitrogens with zero attached hydrogens (tertiary/aromatic N) is 1. The maximum atomic E-state index is 11.9. The Hall–Kier alpha value is -1.34. The Labute approximate surface area is 144 Å². The lowest BCUT2D eigenvalue weighted by Crippen LogP contribution is -2.42. The van der Waals surface area contributed by atoms with Gasteiger partial charge in [-0.15, -0.1) is 23.5 Å². The zero-order valence-electron chi connectivity index (χ0n) is 13.2. The Balaban J connectivity index is 1.86. The number of likely N-dealkylation sites (N-methyl/N-ethyl adjacent to an activating group) is 1. The van der Waals surface area contributed by atoms with Gasteiger partial charge in [-0.2, -0.15) is 0 Å². The normalized spacial score (nSPS) is 16.6. The molecule has 126 valence electrons. The van der Waals surface area contributed by atoms with Crippen molar-refractivity contribution in [3.63, 3.8) is 0 Å². The first-order chi connectivity index (χ1) is 11.0. The van der Waals surface area contributed by atoms with E-state index in [2.05, 4.69) is 0 Å². The maximum absolute atomic E-state index is 11.9. The summed E-state index contributed by atoms with van der Waals surface area (Å²) < 4.78 is 5.94. The Morgan fingerprint density at radius 3 is 2.48 bits per heavy atom. The molecule has 1 aromatic carbocycles. The van der Waals surface area contributed by atoms with Gasteiger partial charge in [-0.05, 0) is 42.5 Å². The van der Waals surface area contributed by atoms with Gasteiger partial charge in [-0.25, -0.2) is 4.79 Å². The molecule has 1 aliphatic rings. The van der Waals surface area contributed by atoms with E-state index in [1.807, 2.05) is 47.8 Å². The van der Waals surface area contributed by atoms with E-state index < -0.39 is 12.0 Å². The number of carbonyl (C=O) groups excluding carboxylic acids is 1. The number of hydrogen-bond acceptors (Lipinski definition) is 5. The maximum Gasteiger partial charge on any atom is 0.326 e. The Kier molecular flexibility index (Phi) is 6.65. The molecule has 1 saturated heterocycles. The fourth-order valence-corrected chi connectivity index (χ4v) is 4.92. The fourth-order valence-electron chi connectivity index (χ4n) is 2.03. The predicted octanol–water partition coefficient (Wildman–Crippen LogP) is 2.87. The quantitative estimate of drug-likeness (QED) is 0.846. The zero-order chi connectivity index (χ0) is 16.8. The summed E-state index contributed by atoms with van der Waals surface area (Å²) in [5.41, 5.74) is 1.26. The molecule has 7 heteroatoms. The molecule has 1 aliphatic heterocycles. The van der Waals surface area contributed by atoms with Crippen molar-refractivity contribution in [1.29, 1.82) is 0 Å². The molecule has 1 atom stereocenters. The molecule has 0 saturated carbocycles. The van der Waals surface area contributed by atoms with Crippen molar-refractivity contribution in [2.45, 2.75) is 24.0 Å². The molecule has 0 radical (unpaired) electrons. The average molecular weight is 355 g/mol. The summed E-state index contributed by atoms with van der Waals surface area (Å²) in [5.74, 6) is 1.61. The minimum absolute atomic E-state index is 0.166. The number of benzene rings is 1. The van der Waals surface area contributed by atoms with Crippen LogP contribution >= 0.6 is 23.5 Å². The molecule has 1 N–H and O–H groups in total. The van der Waals surface area contributed by atoms with Gasteiger partial charge in [0.05, 0.1) is 4.58 Å². The van der Waals surface area contributed by atoms with Gasteiger partial charge in [0.25, 0.3) is 5.91 Å². The smallest absolute Gasteiger partial charge is 0.326 e. The van der Waals surface area contributed by atoms with Crippen LogP contribution in [0.2, 0.25) is 0 Å². The third kappa shape index (κ3) is 5.07. The van der Waals surface area contributed by atoms with Crippen LogP contribution in [-0.4, -0.2) is 53.1 Å². The van der Waals surface area contributed by atoms with Gasteiger partial charge in [0, 0.05) is 7.05 Å². The van der Waals surface area contributed by atoms with Gasteiger partial charge in [0.15, 0.2) is 6.61 Å². The minimum Gasteiger partial charge on any atom is -0.484 e. The van der Waals surface area contributed by atoms with E-state index in [1.54, 1.807) is 0 Å². The van der Waals surface area contributed by atoms with E-state index in [-0.39, 0.29) is 12.5 Å². The van der Waals surface area contributed by atoms with Crippen LogP contribution in [0.15, 0.2) is 24.3 Å². The summed E-state index contributed by atoms with van der Waals surface area (Å²) in [6, 6.07) is 6.91. The van der Waals surface area contributed by atoms with Crippen LogP contribution in [0.5, 0.6) is 5.75 Å². The average Bonchev–Trinajstić information content (AvgIpc) is 2.59. The van der Waals surface area contributed by atoms with Crippen molar-refractivity contribution in [2.75, 3.05) is 25.2 Å². The first-order valence-corrected chi connectivity index (χ1v) is 9.53. The van der Waals surface area contributed by atoms with Crippen molar-refractivity contribution in [1.82, 2.24) is 4.90 Å². The van der Waals surface area contributed by atoms with Crippen LogP contribution in [0.25, 0.3) is 0 Å². The number of carbonyl (C=O) groups is 2. The number of carboxylic acid groups (broad SMARTS) is 1. The molecule has 1 amide bonds. The van der Waals surface area contributed by atoms with Gasteiger partial charge in [0.2, 0.25) is 0 Å². The molecule has 2 rings (SSSR count). The second kappa shape index (κ2) is 8.49. The highest BCUT2D eigenvalue weighted by Gasteiger charge is 2.22. The third-order valence-corrected chi connectivity index (χ3v) is 6.69. The highest BCUT2D eigenvalue weighted by Crippen LogP contribution is 2.43. The zero-order valence-corrected chi connectivity index (χ0v) is 14.9. The van der Waals surface area contributed by atoms with Crippen LogP contribution in [0.3, 0.4) is 0 Å². The van der Waals surface area contributed by atoms with Gasteiger partial charge in [-0.3, -0.25) is 4.79 Å². The molecule has 0 bridgehead atoms. The first-order valence-electron chi connectivity index (χ1n) is 7.43. The molecular formula is C16H21NO4S2. The Bertz CT molecular complexity index is 544. The summed E-state index contributed by atoms with van der Waals surface area (Å²) in [6.07, 6.45) is 1.26. The van der Waals surface area contributed by atoms with Gasteiger partial charge in [0.1, 0.15) is 11.8 Å². The Morgan fingerprint density at radius 1 is 1.30 bits per heavy atom. The van der Waals surface area contributed by atoms with Crippen molar-refractivity contribution in [3.05, 3.63) is 29.8 Å². The lowest BCUT2D eigenvalue weighted by Gasteiger charge is -2.22. The molecule has 23 heavy (non-hydrogen) atoms. The van der Waals surface area contributed by atoms with E-state index in [9.17, 15) is 9.59 Å². The lowest BCUT2D eigenvalue weighted by molar-refractivity contribution is -0.148. The lowest BCUT2D eigenvalue weighted by atomic mass is 10.2. The second-order valence-corrected chi connectivity index (χ2v) is 8.03. The van der Waals surface area contributed by atoms with E-state index in [0.29, 0.717) is 10.3 Å². The molecule has 5 nitrogen and oxygen atoms in total. The van der Waals surface area contributed by atoms with Crippen molar-refractivity contribution < 1.29 is 19.4 Å². The Morgan fingerprint density at radius 2 is 1.91 bits per heavy atom. The van der Waals surface area contributed by atoms with Gasteiger partial charge in [-0.1, -0.05) is 12.1 Å². The van der Waals surface area contributed by atoms with E-state index >= 15 is 0 Å². The van der Waals surface area contributed by atoms with Gasteiger partial charge >= 0.3 is 5.97 Å². The van der Waals surface area contributed by atoms with E-state index in [0.717, 1.165) is 0 Å². The summed E-state index contributed by atoms with van der Waals surface area (Å²) in [7, 11) is 1.46. The number of aliphatic carboxylic acids is 1. The van der Waals surface area contributed by atoms with Gasteiger partial charge < -0.3 is 14.7 Å². The number of ether oxygens (including phenoxy) is 1. The largest absolute Gasteiger partial charge is 0.484 e. The summed E-state index contributed by atoms with van der Waals surface area (Å²) in [5, 5.41) is 8.90. The van der Waals surface area contributed by atoms with Crippen LogP contribution in [0.1, 0.15) is 23.5 Å². The highest BCUT2D eigenvalue weighted by atomic mass is 32.2. The van der Waals surface area contributed by atoms with E-state index in [4.69, 9.17) is 9.84 Å². The molecular weight excluding hydrogens is 334 g/mol. The predicted molar refractivity (Wildman–Crippen MR) is 94.1 cm³/mol. The summed E-state index contributed by atoms with van der Waals surface area (Å²) in [4.78, 5) is 23.9. The van der Waals surface area contributed by atoms with Crippen molar-refractivity contribution >= 4 is 35.4 Å². The monoisotopic (exact) mass is 355 g/mol. The summed E-state index contributed by atoms with van der Waals surface area (Å²) in [6.45, 7) is 1.30. The molecule has 0 spiro atoms. The topological polar surface area (TPSA) is 66.8 Å². The molecule has 1 aromatic rings. The van der Waals surface area contributed by atoms with E-state index in [1.165, 1.54) is 42.4 Å².